The standard InChI is InChI=1S/C5H10BNO3/c1-2-3-10-6-7-5(9)4-8/h8H,2-4H2,1H3. The normalized spacial score (nSPS) is 9.40. The van der Waals surface area contributed by atoms with Gasteiger partial charge in [-0.25, -0.2) is 0 Å². The summed E-state index contributed by atoms with van der Waals surface area (Å²) in [5, 5.41) is 8.17. The molecular formula is C5H10BNO3. The van der Waals surface area contributed by atoms with Crippen molar-refractivity contribution in [1.29, 1.82) is 0 Å². The summed E-state index contributed by atoms with van der Waals surface area (Å²) in [6.07, 6.45) is 0.874. The zero-order chi connectivity index (χ0) is 7.82. The van der Waals surface area contributed by atoms with Gasteiger partial charge in [-0.3, -0.25) is 0 Å². The van der Waals surface area contributed by atoms with E-state index in [1.54, 1.807) is 0 Å². The van der Waals surface area contributed by atoms with E-state index in [1.165, 1.54) is 0 Å². The Morgan fingerprint density at radius 2 is 2.50 bits per heavy atom. The summed E-state index contributed by atoms with van der Waals surface area (Å²) in [5.74, 6) is -0.587. The predicted molar refractivity (Wildman–Crippen MR) is 36.5 cm³/mol. The molecule has 1 amide bonds. The molecule has 0 aromatic carbocycles. The van der Waals surface area contributed by atoms with Crippen molar-refractivity contribution in [3.8, 4) is 0 Å². The van der Waals surface area contributed by atoms with Crippen LogP contribution >= 0.6 is 0 Å². The van der Waals surface area contributed by atoms with Gasteiger partial charge in [0, 0.05) is 0 Å². The number of carbonyl (C=O) groups excluding carboxylic acids is 1. The Morgan fingerprint density at radius 3 is 3.00 bits per heavy atom. The number of rotatable bonds is 4. The van der Waals surface area contributed by atoms with Crippen molar-refractivity contribution in [1.82, 2.24) is 0 Å². The molecule has 0 rings (SSSR count). The van der Waals surface area contributed by atoms with Crippen LogP contribution in [0.2, 0.25) is 0 Å². The van der Waals surface area contributed by atoms with Crippen molar-refractivity contribution in [3.63, 3.8) is 0 Å². The van der Waals surface area contributed by atoms with E-state index in [4.69, 9.17) is 9.76 Å². The molecule has 0 radical (unpaired) electrons. The second-order valence-electron chi connectivity index (χ2n) is 1.66. The predicted octanol–water partition coefficient (Wildman–Crippen LogP) is -0.265. The Labute approximate surface area is 60.2 Å². The molecule has 0 saturated carbocycles. The molecule has 0 saturated heterocycles. The van der Waals surface area contributed by atoms with Crippen LogP contribution in [0.25, 0.3) is 0 Å². The topological polar surface area (TPSA) is 58.9 Å². The van der Waals surface area contributed by atoms with E-state index in [2.05, 4.69) is 4.90 Å². The molecule has 0 aliphatic heterocycles. The third kappa shape index (κ3) is 5.43. The molecule has 0 unspecified atom stereocenters. The zero-order valence-electron chi connectivity index (χ0n) is 5.91. The van der Waals surface area contributed by atoms with Gasteiger partial charge in [0.15, 0.2) is 0 Å². The fourth-order valence-electron chi connectivity index (χ4n) is 0.307. The minimum atomic E-state index is -0.587. The van der Waals surface area contributed by atoms with Crippen LogP contribution in [0.15, 0.2) is 4.90 Å². The van der Waals surface area contributed by atoms with Gasteiger partial charge in [-0.15, -0.1) is 0 Å². The van der Waals surface area contributed by atoms with E-state index < -0.39 is 12.5 Å². The van der Waals surface area contributed by atoms with Gasteiger partial charge < -0.3 is 0 Å². The molecule has 10 heavy (non-hydrogen) atoms. The van der Waals surface area contributed by atoms with Crippen LogP contribution in [0.3, 0.4) is 0 Å². The molecule has 56 valence electrons. The van der Waals surface area contributed by atoms with Gasteiger partial charge in [0.05, 0.1) is 0 Å². The summed E-state index contributed by atoms with van der Waals surface area (Å²) in [4.78, 5) is 13.5. The van der Waals surface area contributed by atoms with Crippen LogP contribution in [0.4, 0.5) is 0 Å². The average molecular weight is 143 g/mol. The molecular weight excluding hydrogens is 133 g/mol. The van der Waals surface area contributed by atoms with Crippen LogP contribution in [-0.2, 0) is 9.45 Å². The third-order valence-electron chi connectivity index (χ3n) is 0.728. The molecule has 1 N–H and O–H groups in total. The zero-order valence-corrected chi connectivity index (χ0v) is 5.91. The van der Waals surface area contributed by atoms with Gasteiger partial charge in [-0.2, -0.15) is 0 Å². The van der Waals surface area contributed by atoms with E-state index >= 15 is 0 Å². The van der Waals surface area contributed by atoms with E-state index in [0.29, 0.717) is 6.61 Å². The Hall–Kier alpha value is -0.705. The maximum atomic E-state index is 10.2. The third-order valence-corrected chi connectivity index (χ3v) is 0.728. The van der Waals surface area contributed by atoms with Crippen molar-refractivity contribution in [3.05, 3.63) is 0 Å². The summed E-state index contributed by atoms with van der Waals surface area (Å²) < 4.78 is 4.73. The second-order valence-corrected chi connectivity index (χ2v) is 1.66. The number of hydrogen-bond acceptors (Lipinski definition) is 3. The van der Waals surface area contributed by atoms with Gasteiger partial charge in [0.25, 0.3) is 0 Å². The Morgan fingerprint density at radius 1 is 1.80 bits per heavy atom. The first-order valence-corrected chi connectivity index (χ1v) is 3.09. The Bertz CT molecular complexity index is 126. The summed E-state index contributed by atoms with van der Waals surface area (Å²) in [6, 6.07) is 0. The van der Waals surface area contributed by atoms with E-state index in [1.807, 2.05) is 6.92 Å². The molecule has 0 aromatic heterocycles. The van der Waals surface area contributed by atoms with Crippen molar-refractivity contribution in [2.24, 2.45) is 4.90 Å². The first-order valence-electron chi connectivity index (χ1n) is 3.09. The molecule has 0 spiro atoms. The number of nitrogens with zero attached hydrogens (tertiary/aromatic N) is 1. The first-order chi connectivity index (χ1) is 4.81. The molecule has 0 fully saturated rings. The maximum absolute atomic E-state index is 10.2. The average Bonchev–Trinajstić information content (AvgIpc) is 1.98. The van der Waals surface area contributed by atoms with Crippen molar-refractivity contribution in [2.45, 2.75) is 13.3 Å². The number of aliphatic hydroxyl groups excluding tert-OH is 1. The van der Waals surface area contributed by atoms with Gasteiger partial charge in [-0.05, 0) is 0 Å². The summed E-state index contributed by atoms with van der Waals surface area (Å²) in [7, 11) is 1.06. The minimum absolute atomic E-state index is 0.544. The van der Waals surface area contributed by atoms with Crippen LogP contribution in [-0.4, -0.2) is 31.5 Å². The fraction of sp³-hybridized carbons (Fsp3) is 0.800. The quantitative estimate of drug-likeness (QED) is 0.435. The molecule has 0 bridgehead atoms. The first kappa shape index (κ1) is 9.29. The molecule has 0 atom stereocenters. The van der Waals surface area contributed by atoms with Gasteiger partial charge in [0.2, 0.25) is 0 Å². The number of amides is 1. The number of aliphatic hydroxyl groups is 1. The van der Waals surface area contributed by atoms with Crippen molar-refractivity contribution < 1.29 is 14.6 Å². The molecule has 4 nitrogen and oxygen atoms in total. The van der Waals surface area contributed by atoms with Gasteiger partial charge >= 0.3 is 59.2 Å². The van der Waals surface area contributed by atoms with Crippen LogP contribution in [0.1, 0.15) is 13.3 Å². The Balaban J connectivity index is 3.27. The molecule has 0 aliphatic rings. The van der Waals surface area contributed by atoms with E-state index in [0.717, 1.165) is 13.7 Å². The monoisotopic (exact) mass is 143 g/mol. The van der Waals surface area contributed by atoms with Crippen LogP contribution in [0, 0.1) is 0 Å². The molecule has 5 heteroatoms. The van der Waals surface area contributed by atoms with Crippen LogP contribution < -0.4 is 0 Å². The van der Waals surface area contributed by atoms with Gasteiger partial charge in [0.1, 0.15) is 0 Å². The van der Waals surface area contributed by atoms with Gasteiger partial charge in [-0.1, -0.05) is 0 Å². The molecule has 0 aromatic rings. The Kier molecular flexibility index (Phi) is 5.96. The van der Waals surface area contributed by atoms with E-state index in [9.17, 15) is 4.79 Å². The summed E-state index contributed by atoms with van der Waals surface area (Å²) in [5.41, 5.74) is 0. The SMILES string of the molecule is CCCO/B=N/C(=O)CO. The summed E-state index contributed by atoms with van der Waals surface area (Å²) >= 11 is 0. The molecule has 0 aliphatic carbocycles. The second kappa shape index (κ2) is 6.42. The number of carbonyl (C=O) groups is 1. The number of hydrogen-bond donors (Lipinski definition) is 1. The van der Waals surface area contributed by atoms with Crippen LogP contribution in [0.5, 0.6) is 0 Å². The summed E-state index contributed by atoms with van der Waals surface area (Å²) in [6.45, 7) is 1.93. The molecule has 0 heterocycles. The van der Waals surface area contributed by atoms with Crippen molar-refractivity contribution in [2.75, 3.05) is 13.2 Å². The van der Waals surface area contributed by atoms with Crippen molar-refractivity contribution >= 4 is 13.2 Å². The van der Waals surface area contributed by atoms with E-state index in [-0.39, 0.29) is 0 Å². The fourth-order valence-corrected chi connectivity index (χ4v) is 0.307.